The second-order valence-electron chi connectivity index (χ2n) is 6.18. The molecule has 1 fully saturated rings. The van der Waals surface area contributed by atoms with Gasteiger partial charge in [-0.25, -0.2) is 8.78 Å². The summed E-state index contributed by atoms with van der Waals surface area (Å²) in [6, 6.07) is 14.4. The Balaban J connectivity index is 1.90. The van der Waals surface area contributed by atoms with Gasteiger partial charge in [0.2, 0.25) is 0 Å². The lowest BCUT2D eigenvalue weighted by Crippen LogP contribution is -2.48. The summed E-state index contributed by atoms with van der Waals surface area (Å²) in [5, 5.41) is 9.52. The standard InChI is InChI=1S/C18H16F2O2/c19-17(20)9-10-18(12-5-7-13(21)8-6-12)14-3-1-2-4-15(14)22-16(18)11-17/h1-8,16,21H,9-11H2. The molecule has 1 heterocycles. The first-order chi connectivity index (χ1) is 10.5. The number of alkyl halides is 2. The third-order valence-corrected chi connectivity index (χ3v) is 4.94. The van der Waals surface area contributed by atoms with E-state index in [2.05, 4.69) is 0 Å². The van der Waals surface area contributed by atoms with E-state index in [0.717, 1.165) is 11.1 Å². The van der Waals surface area contributed by atoms with Gasteiger partial charge in [-0.1, -0.05) is 30.3 Å². The lowest BCUT2D eigenvalue weighted by Gasteiger charge is -2.41. The molecule has 0 spiro atoms. The van der Waals surface area contributed by atoms with Gasteiger partial charge in [0.1, 0.15) is 17.6 Å². The van der Waals surface area contributed by atoms with Gasteiger partial charge in [-0.2, -0.15) is 0 Å². The Bertz CT molecular complexity index is 711. The van der Waals surface area contributed by atoms with Crippen LogP contribution in [-0.2, 0) is 5.41 Å². The first kappa shape index (κ1) is 13.6. The van der Waals surface area contributed by atoms with Crippen LogP contribution < -0.4 is 4.74 Å². The zero-order valence-corrected chi connectivity index (χ0v) is 11.9. The minimum absolute atomic E-state index is 0.151. The first-order valence-electron chi connectivity index (χ1n) is 7.45. The molecule has 1 aliphatic carbocycles. The fourth-order valence-electron chi connectivity index (χ4n) is 3.87. The van der Waals surface area contributed by atoms with Crippen LogP contribution in [0.2, 0.25) is 0 Å². The number of hydrogen-bond acceptors (Lipinski definition) is 2. The van der Waals surface area contributed by atoms with Crippen LogP contribution in [0.5, 0.6) is 11.5 Å². The number of benzene rings is 2. The molecule has 2 unspecified atom stereocenters. The molecule has 2 nitrogen and oxygen atoms in total. The molecule has 0 aromatic heterocycles. The lowest BCUT2D eigenvalue weighted by molar-refractivity contribution is -0.0829. The molecule has 2 aromatic rings. The zero-order chi connectivity index (χ0) is 15.4. The number of hydrogen-bond donors (Lipinski definition) is 1. The highest BCUT2D eigenvalue weighted by Crippen LogP contribution is 2.56. The van der Waals surface area contributed by atoms with Gasteiger partial charge in [0.05, 0.1) is 5.41 Å². The number of halogens is 2. The van der Waals surface area contributed by atoms with Gasteiger partial charge in [-0.05, 0) is 30.2 Å². The van der Waals surface area contributed by atoms with Crippen molar-refractivity contribution in [3.8, 4) is 11.5 Å². The number of aromatic hydroxyl groups is 1. The quantitative estimate of drug-likeness (QED) is 0.853. The van der Waals surface area contributed by atoms with Crippen molar-refractivity contribution in [2.75, 3.05) is 0 Å². The van der Waals surface area contributed by atoms with E-state index in [4.69, 9.17) is 4.74 Å². The van der Waals surface area contributed by atoms with Crippen LogP contribution in [0.1, 0.15) is 30.4 Å². The average Bonchev–Trinajstić information content (AvgIpc) is 2.81. The minimum atomic E-state index is -2.69. The monoisotopic (exact) mass is 302 g/mol. The Morgan fingerprint density at radius 3 is 2.50 bits per heavy atom. The van der Waals surface area contributed by atoms with Crippen molar-refractivity contribution in [1.29, 1.82) is 0 Å². The van der Waals surface area contributed by atoms with E-state index in [1.54, 1.807) is 12.1 Å². The number of fused-ring (bicyclic) bond motifs is 3. The van der Waals surface area contributed by atoms with Crippen LogP contribution in [0.15, 0.2) is 48.5 Å². The Morgan fingerprint density at radius 2 is 1.73 bits per heavy atom. The normalized spacial score (nSPS) is 28.5. The number of ether oxygens (including phenoxy) is 1. The predicted molar refractivity (Wildman–Crippen MR) is 78.5 cm³/mol. The van der Waals surface area contributed by atoms with Crippen molar-refractivity contribution >= 4 is 0 Å². The molecule has 4 rings (SSSR count). The molecule has 1 aliphatic heterocycles. The second kappa shape index (κ2) is 4.45. The van der Waals surface area contributed by atoms with Crippen LogP contribution in [0, 0.1) is 0 Å². The largest absolute Gasteiger partial charge is 0.508 e. The van der Waals surface area contributed by atoms with E-state index >= 15 is 0 Å². The van der Waals surface area contributed by atoms with E-state index in [0.29, 0.717) is 12.2 Å². The minimum Gasteiger partial charge on any atom is -0.508 e. The SMILES string of the molecule is Oc1ccc(C23CCC(F)(F)CC2Oc2ccccc23)cc1. The summed E-state index contributed by atoms with van der Waals surface area (Å²) in [4.78, 5) is 0. The van der Waals surface area contributed by atoms with Gasteiger partial charge in [0.25, 0.3) is 5.92 Å². The molecule has 0 amide bonds. The molecule has 4 heteroatoms. The number of phenolic OH excluding ortho intramolecular Hbond substituents is 1. The van der Waals surface area contributed by atoms with Crippen molar-refractivity contribution in [3.05, 3.63) is 59.7 Å². The van der Waals surface area contributed by atoms with Crippen LogP contribution in [0.3, 0.4) is 0 Å². The molecule has 0 saturated heterocycles. The third kappa shape index (κ3) is 1.83. The molecule has 0 bridgehead atoms. The van der Waals surface area contributed by atoms with Crippen molar-refractivity contribution in [3.63, 3.8) is 0 Å². The van der Waals surface area contributed by atoms with Crippen LogP contribution in [-0.4, -0.2) is 17.1 Å². The summed E-state index contributed by atoms with van der Waals surface area (Å²) < 4.78 is 33.7. The third-order valence-electron chi connectivity index (χ3n) is 4.94. The maximum atomic E-state index is 13.9. The molecule has 1 N–H and O–H groups in total. The summed E-state index contributed by atoms with van der Waals surface area (Å²) >= 11 is 0. The zero-order valence-electron chi connectivity index (χ0n) is 11.9. The van der Waals surface area contributed by atoms with Gasteiger partial charge in [-0.15, -0.1) is 0 Å². The Hall–Kier alpha value is -2.10. The highest BCUT2D eigenvalue weighted by atomic mass is 19.3. The van der Waals surface area contributed by atoms with Crippen LogP contribution in [0.25, 0.3) is 0 Å². The highest BCUT2D eigenvalue weighted by molar-refractivity contribution is 5.53. The fourth-order valence-corrected chi connectivity index (χ4v) is 3.87. The van der Waals surface area contributed by atoms with Gasteiger partial charge >= 0.3 is 0 Å². The molecule has 2 aromatic carbocycles. The fraction of sp³-hybridized carbons (Fsp3) is 0.333. The Morgan fingerprint density at radius 1 is 1.00 bits per heavy atom. The molecule has 2 atom stereocenters. The summed E-state index contributed by atoms with van der Waals surface area (Å²) in [5.41, 5.74) is 1.35. The summed E-state index contributed by atoms with van der Waals surface area (Å²) in [7, 11) is 0. The number of phenols is 1. The maximum Gasteiger partial charge on any atom is 0.251 e. The summed E-state index contributed by atoms with van der Waals surface area (Å²) in [6.07, 6.45) is -0.657. The molecule has 2 aliphatic rings. The molecular formula is C18H16F2O2. The van der Waals surface area contributed by atoms with Gasteiger partial charge in [0, 0.05) is 18.4 Å². The molecule has 114 valence electrons. The molecule has 0 radical (unpaired) electrons. The lowest BCUT2D eigenvalue weighted by atomic mass is 9.64. The van der Waals surface area contributed by atoms with E-state index in [9.17, 15) is 13.9 Å². The van der Waals surface area contributed by atoms with Crippen molar-refractivity contribution < 1.29 is 18.6 Å². The van der Waals surface area contributed by atoms with Gasteiger partial charge in [0.15, 0.2) is 0 Å². The van der Waals surface area contributed by atoms with E-state index in [1.807, 2.05) is 36.4 Å². The van der Waals surface area contributed by atoms with Crippen molar-refractivity contribution in [1.82, 2.24) is 0 Å². The van der Waals surface area contributed by atoms with Crippen LogP contribution in [0.4, 0.5) is 8.78 Å². The van der Waals surface area contributed by atoms with Crippen molar-refractivity contribution in [2.24, 2.45) is 0 Å². The Kier molecular flexibility index (Phi) is 2.74. The molecular weight excluding hydrogens is 286 g/mol. The number of para-hydroxylation sites is 1. The van der Waals surface area contributed by atoms with E-state index in [1.165, 1.54) is 0 Å². The van der Waals surface area contributed by atoms with Gasteiger partial charge < -0.3 is 9.84 Å². The van der Waals surface area contributed by atoms with E-state index < -0.39 is 17.4 Å². The smallest absolute Gasteiger partial charge is 0.251 e. The first-order valence-corrected chi connectivity index (χ1v) is 7.45. The Labute approximate surface area is 127 Å². The second-order valence-corrected chi connectivity index (χ2v) is 6.18. The van der Waals surface area contributed by atoms with Crippen LogP contribution >= 0.6 is 0 Å². The molecule has 22 heavy (non-hydrogen) atoms. The predicted octanol–water partition coefficient (Wildman–Crippen LogP) is 4.26. The maximum absolute atomic E-state index is 13.9. The average molecular weight is 302 g/mol. The van der Waals surface area contributed by atoms with E-state index in [-0.39, 0.29) is 18.6 Å². The topological polar surface area (TPSA) is 29.5 Å². The number of rotatable bonds is 1. The highest BCUT2D eigenvalue weighted by Gasteiger charge is 2.57. The van der Waals surface area contributed by atoms with Gasteiger partial charge in [-0.3, -0.25) is 0 Å². The summed E-state index contributed by atoms with van der Waals surface area (Å²) in [6.45, 7) is 0. The van der Waals surface area contributed by atoms with Crippen molar-refractivity contribution in [2.45, 2.75) is 36.7 Å². The summed E-state index contributed by atoms with van der Waals surface area (Å²) in [5.74, 6) is -1.82. The molecule has 1 saturated carbocycles.